The molecule has 0 aliphatic heterocycles. The number of rotatable bonds is 9. The lowest BCUT2D eigenvalue weighted by molar-refractivity contribution is 0.0522. The molecule has 1 atom stereocenters. The summed E-state index contributed by atoms with van der Waals surface area (Å²) in [5.41, 5.74) is 1.74. The van der Waals surface area contributed by atoms with Crippen molar-refractivity contribution in [1.29, 1.82) is 0 Å². The highest BCUT2D eigenvalue weighted by Gasteiger charge is 2.22. The summed E-state index contributed by atoms with van der Waals surface area (Å²) in [5, 5.41) is 18.7. The zero-order valence-corrected chi connectivity index (χ0v) is 19.9. The van der Waals surface area contributed by atoms with E-state index >= 15 is 0 Å². The third kappa shape index (κ3) is 6.46. The lowest BCUT2D eigenvalue weighted by Gasteiger charge is -2.19. The second-order valence-electron chi connectivity index (χ2n) is 8.86. The molecule has 0 radical (unpaired) electrons. The Labute approximate surface area is 194 Å². The SMILES string of the molecule is COc1ccccc1CCNCC(O)COc1cccc2c1c(C)nn2C(=O)OC(C)(C)C. The van der Waals surface area contributed by atoms with E-state index in [4.69, 9.17) is 14.2 Å². The van der Waals surface area contributed by atoms with Gasteiger partial charge in [-0.05, 0) is 64.4 Å². The Morgan fingerprint density at radius 2 is 1.88 bits per heavy atom. The number of hydrogen-bond acceptors (Lipinski definition) is 7. The molecule has 0 saturated heterocycles. The van der Waals surface area contributed by atoms with Crippen LogP contribution in [0.5, 0.6) is 11.5 Å². The van der Waals surface area contributed by atoms with Crippen LogP contribution in [-0.4, -0.2) is 59.5 Å². The van der Waals surface area contributed by atoms with Crippen LogP contribution < -0.4 is 14.8 Å². The molecule has 1 aromatic heterocycles. The number of aliphatic hydroxyl groups is 1. The van der Waals surface area contributed by atoms with E-state index in [1.165, 1.54) is 4.68 Å². The summed E-state index contributed by atoms with van der Waals surface area (Å²) in [6.07, 6.45) is -0.448. The number of benzene rings is 2. The number of methoxy groups -OCH3 is 1. The number of hydrogen-bond donors (Lipinski definition) is 2. The third-order valence-electron chi connectivity index (χ3n) is 4.99. The van der Waals surface area contributed by atoms with Crippen molar-refractivity contribution in [3.63, 3.8) is 0 Å². The Hall–Kier alpha value is -3.10. The molecule has 3 aromatic rings. The minimum absolute atomic E-state index is 0.109. The third-order valence-corrected chi connectivity index (χ3v) is 4.99. The number of aromatic nitrogens is 2. The summed E-state index contributed by atoms with van der Waals surface area (Å²) < 4.78 is 18.0. The van der Waals surface area contributed by atoms with Crippen molar-refractivity contribution in [3.8, 4) is 11.5 Å². The lowest BCUT2D eigenvalue weighted by atomic mass is 10.1. The summed E-state index contributed by atoms with van der Waals surface area (Å²) in [6, 6.07) is 13.3. The maximum Gasteiger partial charge on any atom is 0.435 e. The van der Waals surface area contributed by atoms with Crippen molar-refractivity contribution in [3.05, 3.63) is 53.7 Å². The zero-order valence-electron chi connectivity index (χ0n) is 19.9. The highest BCUT2D eigenvalue weighted by atomic mass is 16.6. The van der Waals surface area contributed by atoms with E-state index in [1.807, 2.05) is 52.0 Å². The Kier molecular flexibility index (Phi) is 7.94. The van der Waals surface area contributed by atoms with Crippen molar-refractivity contribution in [1.82, 2.24) is 15.1 Å². The monoisotopic (exact) mass is 455 g/mol. The highest BCUT2D eigenvalue weighted by Crippen LogP contribution is 2.29. The second kappa shape index (κ2) is 10.7. The van der Waals surface area contributed by atoms with Crippen LogP contribution in [0, 0.1) is 6.92 Å². The first-order valence-electron chi connectivity index (χ1n) is 11.0. The Balaban J connectivity index is 1.57. The molecule has 2 N–H and O–H groups in total. The van der Waals surface area contributed by atoms with Gasteiger partial charge in [-0.25, -0.2) is 4.79 Å². The number of carbonyl (C=O) groups is 1. The molecular weight excluding hydrogens is 422 g/mol. The molecule has 0 aliphatic carbocycles. The topological polar surface area (TPSA) is 94.8 Å². The van der Waals surface area contributed by atoms with Crippen molar-refractivity contribution < 1.29 is 24.1 Å². The molecule has 0 amide bonds. The molecule has 1 unspecified atom stereocenters. The van der Waals surface area contributed by atoms with E-state index in [2.05, 4.69) is 10.4 Å². The second-order valence-corrected chi connectivity index (χ2v) is 8.86. The van der Waals surface area contributed by atoms with E-state index in [9.17, 15) is 9.90 Å². The molecule has 8 heteroatoms. The van der Waals surface area contributed by atoms with E-state index < -0.39 is 17.8 Å². The minimum Gasteiger partial charge on any atom is -0.496 e. The van der Waals surface area contributed by atoms with Crippen LogP contribution in [0.1, 0.15) is 32.0 Å². The normalized spacial score (nSPS) is 12.5. The van der Waals surface area contributed by atoms with Gasteiger partial charge in [-0.1, -0.05) is 24.3 Å². The van der Waals surface area contributed by atoms with Gasteiger partial charge < -0.3 is 24.6 Å². The molecule has 0 fully saturated rings. The Bertz CT molecular complexity index is 1090. The van der Waals surface area contributed by atoms with Crippen LogP contribution >= 0.6 is 0 Å². The van der Waals surface area contributed by atoms with Gasteiger partial charge in [0.1, 0.15) is 29.8 Å². The fourth-order valence-corrected chi connectivity index (χ4v) is 3.52. The van der Waals surface area contributed by atoms with Gasteiger partial charge >= 0.3 is 6.09 Å². The van der Waals surface area contributed by atoms with Gasteiger partial charge in [0.15, 0.2) is 0 Å². The molecule has 8 nitrogen and oxygen atoms in total. The molecule has 1 heterocycles. The van der Waals surface area contributed by atoms with E-state index in [1.54, 1.807) is 25.3 Å². The summed E-state index contributed by atoms with van der Waals surface area (Å²) in [5.74, 6) is 1.42. The number of nitrogens with zero attached hydrogens (tertiary/aromatic N) is 2. The van der Waals surface area contributed by atoms with Gasteiger partial charge in [-0.15, -0.1) is 0 Å². The molecular formula is C25H33N3O5. The fraction of sp³-hybridized carbons (Fsp3) is 0.440. The molecule has 0 spiro atoms. The van der Waals surface area contributed by atoms with Crippen molar-refractivity contribution in [2.24, 2.45) is 0 Å². The predicted molar refractivity (Wildman–Crippen MR) is 127 cm³/mol. The first kappa shape index (κ1) is 24.5. The molecule has 2 aromatic carbocycles. The van der Waals surface area contributed by atoms with E-state index in [0.29, 0.717) is 30.0 Å². The van der Waals surface area contributed by atoms with Crippen LogP contribution in [0.4, 0.5) is 4.79 Å². The first-order chi connectivity index (χ1) is 15.7. The smallest absolute Gasteiger partial charge is 0.435 e. The number of aryl methyl sites for hydroxylation is 1. The van der Waals surface area contributed by atoms with Gasteiger partial charge in [0.2, 0.25) is 0 Å². The van der Waals surface area contributed by atoms with E-state index in [-0.39, 0.29) is 6.61 Å². The van der Waals surface area contributed by atoms with Gasteiger partial charge in [-0.3, -0.25) is 0 Å². The van der Waals surface area contributed by atoms with Crippen molar-refractivity contribution in [2.45, 2.75) is 45.8 Å². The predicted octanol–water partition coefficient (Wildman–Crippen LogP) is 3.71. The van der Waals surface area contributed by atoms with Crippen molar-refractivity contribution in [2.75, 3.05) is 26.8 Å². The van der Waals surface area contributed by atoms with Crippen LogP contribution in [0.15, 0.2) is 42.5 Å². The number of ether oxygens (including phenoxy) is 3. The standard InChI is InChI=1S/C25H33N3O5/c1-17-23-20(28(27-17)24(30)33-25(2,3)4)10-8-12-22(23)32-16-19(29)15-26-14-13-18-9-6-7-11-21(18)31-5/h6-12,19,26,29H,13-16H2,1-5H3. The molecule has 0 saturated carbocycles. The highest BCUT2D eigenvalue weighted by molar-refractivity contribution is 5.93. The summed E-state index contributed by atoms with van der Waals surface area (Å²) >= 11 is 0. The Morgan fingerprint density at radius 3 is 2.61 bits per heavy atom. The number of para-hydroxylation sites is 1. The molecule has 178 valence electrons. The number of fused-ring (bicyclic) bond motifs is 1. The fourth-order valence-electron chi connectivity index (χ4n) is 3.52. The average molecular weight is 456 g/mol. The first-order valence-corrected chi connectivity index (χ1v) is 11.0. The van der Waals surface area contributed by atoms with Gasteiger partial charge in [-0.2, -0.15) is 9.78 Å². The van der Waals surface area contributed by atoms with Crippen LogP contribution in [0.3, 0.4) is 0 Å². The van der Waals surface area contributed by atoms with Crippen LogP contribution in [0.2, 0.25) is 0 Å². The average Bonchev–Trinajstić information content (AvgIpc) is 3.12. The van der Waals surface area contributed by atoms with Crippen LogP contribution in [0.25, 0.3) is 10.9 Å². The largest absolute Gasteiger partial charge is 0.496 e. The summed E-state index contributed by atoms with van der Waals surface area (Å²) in [7, 11) is 1.66. The van der Waals surface area contributed by atoms with Crippen LogP contribution in [-0.2, 0) is 11.2 Å². The number of aliphatic hydroxyl groups excluding tert-OH is 1. The van der Waals surface area contributed by atoms with Crippen molar-refractivity contribution >= 4 is 17.0 Å². The minimum atomic E-state index is -0.695. The molecule has 0 aliphatic rings. The maximum atomic E-state index is 12.5. The molecule has 0 bridgehead atoms. The van der Waals surface area contributed by atoms with Gasteiger partial charge in [0.25, 0.3) is 0 Å². The quantitative estimate of drug-likeness (QED) is 0.475. The lowest BCUT2D eigenvalue weighted by Crippen LogP contribution is -2.32. The zero-order chi connectivity index (χ0) is 24.0. The molecule has 33 heavy (non-hydrogen) atoms. The van der Waals surface area contributed by atoms with E-state index in [0.717, 1.165) is 23.1 Å². The van der Waals surface area contributed by atoms with Gasteiger partial charge in [0.05, 0.1) is 23.7 Å². The maximum absolute atomic E-state index is 12.5. The number of nitrogens with one attached hydrogen (secondary N) is 1. The molecule has 3 rings (SSSR count). The summed E-state index contributed by atoms with van der Waals surface area (Å²) in [6.45, 7) is 8.44. The number of carbonyl (C=O) groups excluding carboxylic acids is 1. The Morgan fingerprint density at radius 1 is 1.15 bits per heavy atom. The summed E-state index contributed by atoms with van der Waals surface area (Å²) in [4.78, 5) is 12.5. The van der Waals surface area contributed by atoms with Gasteiger partial charge in [0, 0.05) is 6.54 Å².